The number of H-pyrrole nitrogens is 4. The molecule has 0 bridgehead atoms. The van der Waals surface area contributed by atoms with Crippen molar-refractivity contribution in [2.75, 3.05) is 0 Å². The Balaban J connectivity index is 0.000000150. The number of hydrogen-bond donors (Lipinski definition) is 8. The lowest BCUT2D eigenvalue weighted by molar-refractivity contribution is 0.627. The first-order valence-electron chi connectivity index (χ1n) is 27.7. The number of aromatic amines is 4. The van der Waals surface area contributed by atoms with E-state index in [0.29, 0.717) is 55.4 Å². The lowest BCUT2D eigenvalue weighted by Crippen LogP contribution is -2.29. The Morgan fingerprint density at radius 3 is 0.865 bits per heavy atom. The molecule has 0 aliphatic heterocycles. The summed E-state index contributed by atoms with van der Waals surface area (Å²) in [5.41, 5.74) is 27.1. The molecule has 24 nitrogen and oxygen atoms in total. The van der Waals surface area contributed by atoms with Crippen molar-refractivity contribution in [3.63, 3.8) is 0 Å². The molecule has 32 heteroatoms. The minimum Gasteiger partial charge on any atom is -0.374 e. The van der Waals surface area contributed by atoms with Crippen LogP contribution in [0.15, 0.2) is 278 Å². The van der Waals surface area contributed by atoms with Crippen LogP contribution in [0.3, 0.4) is 0 Å². The molecule has 12 N–H and O–H groups in total. The van der Waals surface area contributed by atoms with Crippen LogP contribution in [0.4, 0.5) is 54.3 Å². The van der Waals surface area contributed by atoms with Gasteiger partial charge in [0.2, 0.25) is 0 Å². The summed E-state index contributed by atoms with van der Waals surface area (Å²) >= 11 is 31.3. The zero-order chi connectivity index (χ0) is 68.4. The molecule has 0 spiro atoms. The topological polar surface area (TPSA) is 354 Å². The highest BCUT2D eigenvalue weighted by molar-refractivity contribution is 7.80. The number of azo groups is 4. The summed E-state index contributed by atoms with van der Waals surface area (Å²) in [5.74, 6) is -0.841. The van der Waals surface area contributed by atoms with Crippen molar-refractivity contribution in [1.82, 2.24) is 39.1 Å². The van der Waals surface area contributed by atoms with Gasteiger partial charge in [-0.25, -0.2) is 8.78 Å². The fourth-order valence-electron chi connectivity index (χ4n) is 8.48. The van der Waals surface area contributed by atoms with Crippen molar-refractivity contribution < 1.29 is 8.78 Å². The Morgan fingerprint density at radius 1 is 0.312 bits per heavy atom. The summed E-state index contributed by atoms with van der Waals surface area (Å²) in [5, 5.41) is 44.2. The number of halogens is 4. The van der Waals surface area contributed by atoms with Crippen molar-refractivity contribution in [2.45, 2.75) is 0 Å². The molecule has 0 amide bonds. The molecule has 0 saturated heterocycles. The molecule has 0 atom stereocenters. The number of rotatable bonds is 12. The zero-order valence-electron chi connectivity index (χ0n) is 49.2. The van der Waals surface area contributed by atoms with E-state index in [1.807, 2.05) is 97.1 Å². The summed E-state index contributed by atoms with van der Waals surface area (Å²) < 4.78 is 30.5. The first kappa shape index (κ1) is 68.6. The van der Waals surface area contributed by atoms with Crippen LogP contribution < -0.4 is 45.2 Å². The van der Waals surface area contributed by atoms with Crippen LogP contribution in [-0.4, -0.2) is 59.6 Å². The molecule has 0 unspecified atom stereocenters. The molecule has 0 fully saturated rings. The maximum Gasteiger partial charge on any atom is 0.301 e. The molecule has 0 radical (unpaired) electrons. The van der Waals surface area contributed by atoms with E-state index in [1.165, 1.54) is 42.5 Å². The molecule has 4 aromatic heterocycles. The van der Waals surface area contributed by atoms with E-state index in [2.05, 4.69) is 61.3 Å². The van der Waals surface area contributed by atoms with E-state index in [0.717, 1.165) is 35.4 Å². The highest BCUT2D eigenvalue weighted by Gasteiger charge is 2.21. The third-order valence-electron chi connectivity index (χ3n) is 12.9. The Labute approximate surface area is 572 Å². The minimum atomic E-state index is -0.558. The summed E-state index contributed by atoms with van der Waals surface area (Å²) in [7, 11) is 0. The molecule has 0 aliphatic carbocycles. The maximum atomic E-state index is 13.2. The standard InChI is InChI=1S/C16H11ClFN5OS.C16H12ClN5OS.C16H12FN5OS.C16H13N5OS/c17-10-2-1-3-12(8-10)20-21-14-13(9-4-6-11(18)7-5-9)22-23(15(14)24)16(19)25;2*17-11-7-4-8-12(9-11)19-20-14-13(10-5-2-1-3-6-10)21-22(15(14)23)16(18)24;17-16(23)21-15(22)14(19-18-12-9-5-2-6-10-12)13(20-21)11-7-3-1-4-8-11/h1-8,22H,(H2,19,25);2*1-9,21H,(H2,18,24);1-10,20H,(H2,17,23). The van der Waals surface area contributed by atoms with E-state index < -0.39 is 33.9 Å². The molecule has 12 rings (SSSR count). The average molecular weight is 1400 g/mol. The van der Waals surface area contributed by atoms with Gasteiger partial charge in [-0.3, -0.25) is 39.6 Å². The summed E-state index contributed by atoms with van der Waals surface area (Å²) in [6, 6.07) is 61.5. The molecule has 480 valence electrons. The van der Waals surface area contributed by atoms with Gasteiger partial charge in [0.05, 0.1) is 45.5 Å². The second kappa shape index (κ2) is 32.2. The zero-order valence-corrected chi connectivity index (χ0v) is 54.0. The van der Waals surface area contributed by atoms with Gasteiger partial charge in [0.15, 0.2) is 43.2 Å². The molecule has 96 heavy (non-hydrogen) atoms. The molecular weight excluding hydrogens is 1350 g/mol. The lowest BCUT2D eigenvalue weighted by Gasteiger charge is -1.99. The maximum absolute atomic E-state index is 13.2. The van der Waals surface area contributed by atoms with E-state index in [4.69, 9.17) is 95.0 Å². The smallest absolute Gasteiger partial charge is 0.301 e. The van der Waals surface area contributed by atoms with Crippen molar-refractivity contribution in [1.29, 1.82) is 0 Å². The van der Waals surface area contributed by atoms with Gasteiger partial charge in [-0.15, -0.1) is 20.5 Å². The quantitative estimate of drug-likeness (QED) is 0.0418. The third kappa shape index (κ3) is 17.5. The average Bonchev–Trinajstić information content (AvgIpc) is 1.68. The predicted molar refractivity (Wildman–Crippen MR) is 383 cm³/mol. The van der Waals surface area contributed by atoms with Gasteiger partial charge in [0.1, 0.15) is 11.6 Å². The number of thiocarbonyl (C=S) groups is 4. The van der Waals surface area contributed by atoms with Crippen LogP contribution in [0.25, 0.3) is 45.0 Å². The monoisotopic (exact) mass is 1400 g/mol. The number of hydrogen-bond acceptors (Lipinski definition) is 16. The number of nitrogens with two attached hydrogens (primary N) is 4. The Kier molecular flexibility index (Phi) is 23.0. The fraction of sp³-hybridized carbons (Fsp3) is 0. The second-order valence-electron chi connectivity index (χ2n) is 19.4. The Bertz CT molecular complexity index is 5030. The first-order valence-corrected chi connectivity index (χ1v) is 30.1. The van der Waals surface area contributed by atoms with Crippen LogP contribution in [-0.2, 0) is 0 Å². The van der Waals surface area contributed by atoms with Crippen molar-refractivity contribution in [2.24, 2.45) is 63.8 Å². The van der Waals surface area contributed by atoms with E-state index >= 15 is 0 Å². The van der Waals surface area contributed by atoms with Gasteiger partial charge in [-0.05, 0) is 134 Å². The van der Waals surface area contributed by atoms with Crippen molar-refractivity contribution >= 4 is 138 Å². The lowest BCUT2D eigenvalue weighted by atomic mass is 10.1. The largest absolute Gasteiger partial charge is 0.374 e. The Morgan fingerprint density at radius 2 is 0.573 bits per heavy atom. The van der Waals surface area contributed by atoms with Gasteiger partial charge in [-0.1, -0.05) is 151 Å². The predicted octanol–water partition coefficient (Wildman–Crippen LogP) is 15.0. The minimum absolute atomic E-state index is 0.000571. The van der Waals surface area contributed by atoms with Gasteiger partial charge < -0.3 is 22.9 Å². The van der Waals surface area contributed by atoms with Crippen LogP contribution >= 0.6 is 72.1 Å². The van der Waals surface area contributed by atoms with Gasteiger partial charge in [0, 0.05) is 38.4 Å². The van der Waals surface area contributed by atoms with E-state index in [-0.39, 0.29) is 48.9 Å². The highest BCUT2D eigenvalue weighted by atomic mass is 35.5. The Hall–Kier alpha value is -11.8. The summed E-state index contributed by atoms with van der Waals surface area (Å²) in [6.07, 6.45) is 0. The first-order chi connectivity index (χ1) is 46.2. The van der Waals surface area contributed by atoms with Crippen LogP contribution in [0.1, 0.15) is 0 Å². The summed E-state index contributed by atoms with van der Waals surface area (Å²) in [4.78, 5) is 49.8. The molecular formula is C64H48Cl2F2N20O4S4. The number of nitrogens with zero attached hydrogens (tertiary/aromatic N) is 12. The van der Waals surface area contributed by atoms with Crippen molar-refractivity contribution in [3.05, 3.63) is 281 Å². The van der Waals surface area contributed by atoms with E-state index in [1.54, 1.807) is 78.9 Å². The van der Waals surface area contributed by atoms with E-state index in [9.17, 15) is 28.0 Å². The number of benzene rings is 8. The highest BCUT2D eigenvalue weighted by Crippen LogP contribution is 2.32. The third-order valence-corrected chi connectivity index (χ3v) is 14.1. The normalized spacial score (nSPS) is 11.0. The van der Waals surface area contributed by atoms with Gasteiger partial charge >= 0.3 is 22.2 Å². The fourth-order valence-corrected chi connectivity index (χ4v) is 9.37. The molecule has 12 aromatic rings. The SMILES string of the molecule is NC(=S)n1[nH]c(-c2ccc(F)cc2)c(N=Nc2cccc(Cl)c2)c1=O.NC(=S)n1[nH]c(-c2ccccc2)c(N=Nc2cccc(Cl)c2)c1=O.NC(=S)n1[nH]c(-c2ccccc2)c(N=Nc2cccc(F)c2)c1=O.NC(=S)n1[nH]c(-c2ccccc2)c(N=Nc2ccccc2)c1=O. The molecule has 0 aliphatic rings. The number of aromatic nitrogens is 8. The molecule has 4 heterocycles. The second-order valence-corrected chi connectivity index (χ2v) is 22.0. The number of nitrogens with one attached hydrogen (secondary N) is 4. The van der Waals surface area contributed by atoms with Gasteiger partial charge in [0.25, 0.3) is 0 Å². The van der Waals surface area contributed by atoms with Crippen LogP contribution in [0.2, 0.25) is 10.0 Å². The van der Waals surface area contributed by atoms with Crippen LogP contribution in [0.5, 0.6) is 0 Å². The van der Waals surface area contributed by atoms with Gasteiger partial charge in [-0.2, -0.15) is 39.2 Å². The van der Waals surface area contributed by atoms with Crippen LogP contribution in [0, 0.1) is 11.6 Å². The molecule has 8 aromatic carbocycles. The van der Waals surface area contributed by atoms with Crippen molar-refractivity contribution in [3.8, 4) is 45.0 Å². The summed E-state index contributed by atoms with van der Waals surface area (Å²) in [6.45, 7) is 0. The molecule has 0 saturated carbocycles.